The van der Waals surface area contributed by atoms with Gasteiger partial charge in [0, 0.05) is 0 Å². The summed E-state index contributed by atoms with van der Waals surface area (Å²) in [7, 11) is 0. The Morgan fingerprint density at radius 1 is 1.00 bits per heavy atom. The average Bonchev–Trinajstić information content (AvgIpc) is 2.29. The van der Waals surface area contributed by atoms with Crippen molar-refractivity contribution in [3.8, 4) is 0 Å². The third-order valence-electron chi connectivity index (χ3n) is 3.56. The monoisotopic (exact) mass is 190 g/mol. The summed E-state index contributed by atoms with van der Waals surface area (Å²) in [4.78, 5) is 0. The lowest BCUT2D eigenvalue weighted by atomic mass is 9.88. The lowest BCUT2D eigenvalue weighted by Gasteiger charge is -2.18. The van der Waals surface area contributed by atoms with Crippen LogP contribution in [-0.2, 0) is 0 Å². The Balaban J connectivity index is 1.82. The van der Waals surface area contributed by atoms with Gasteiger partial charge in [0.05, 0.1) is 0 Å². The molecule has 0 aromatic rings. The van der Waals surface area contributed by atoms with Gasteiger partial charge < -0.3 is 0 Å². The Hall–Kier alpha value is -0.520. The average molecular weight is 190 g/mol. The molecule has 1 fully saturated rings. The summed E-state index contributed by atoms with van der Waals surface area (Å²) in [6.45, 7) is 0. The summed E-state index contributed by atoms with van der Waals surface area (Å²) in [5.41, 5.74) is 1.60. The van der Waals surface area contributed by atoms with Crippen molar-refractivity contribution in [2.45, 2.75) is 57.8 Å². The Morgan fingerprint density at radius 3 is 2.57 bits per heavy atom. The van der Waals surface area contributed by atoms with Gasteiger partial charge in [0.15, 0.2) is 0 Å². The van der Waals surface area contributed by atoms with Crippen LogP contribution in [0, 0.1) is 5.92 Å². The van der Waals surface area contributed by atoms with Crippen LogP contribution >= 0.6 is 0 Å². The van der Waals surface area contributed by atoms with Crippen LogP contribution in [0.3, 0.4) is 0 Å². The Bertz CT molecular complexity index is 216. The third-order valence-corrected chi connectivity index (χ3v) is 3.56. The second-order valence-electron chi connectivity index (χ2n) is 4.78. The fraction of sp³-hybridized carbons (Fsp3) is 0.714. The minimum atomic E-state index is 0.895. The highest BCUT2D eigenvalue weighted by Gasteiger charge is 2.10. The molecule has 2 aliphatic carbocycles. The van der Waals surface area contributed by atoms with Crippen molar-refractivity contribution in [2.75, 3.05) is 0 Å². The van der Waals surface area contributed by atoms with Crippen molar-refractivity contribution in [3.63, 3.8) is 0 Å². The van der Waals surface area contributed by atoms with Crippen LogP contribution < -0.4 is 0 Å². The quantitative estimate of drug-likeness (QED) is 0.596. The summed E-state index contributed by atoms with van der Waals surface area (Å²) < 4.78 is 0. The Morgan fingerprint density at radius 2 is 1.86 bits per heavy atom. The van der Waals surface area contributed by atoms with Crippen LogP contribution in [0.2, 0.25) is 0 Å². The van der Waals surface area contributed by atoms with E-state index >= 15 is 0 Å². The normalized spacial score (nSPS) is 25.3. The maximum atomic E-state index is 2.48. The van der Waals surface area contributed by atoms with Gasteiger partial charge in [-0.3, -0.25) is 0 Å². The molecule has 0 heteroatoms. The van der Waals surface area contributed by atoms with Crippen molar-refractivity contribution < 1.29 is 0 Å². The lowest BCUT2D eigenvalue weighted by molar-refractivity contribution is 0.419. The van der Waals surface area contributed by atoms with Crippen LogP contribution in [-0.4, -0.2) is 0 Å². The number of hydrogen-bond acceptors (Lipinski definition) is 0. The van der Waals surface area contributed by atoms with E-state index in [0.717, 1.165) is 5.92 Å². The van der Waals surface area contributed by atoms with Gasteiger partial charge in [-0.15, -0.1) is 0 Å². The van der Waals surface area contributed by atoms with Gasteiger partial charge in [0.2, 0.25) is 0 Å². The second-order valence-corrected chi connectivity index (χ2v) is 4.78. The highest BCUT2D eigenvalue weighted by Crippen LogP contribution is 2.26. The highest BCUT2D eigenvalue weighted by atomic mass is 14.2. The van der Waals surface area contributed by atoms with Gasteiger partial charge in [0.1, 0.15) is 0 Å². The molecule has 0 saturated heterocycles. The highest BCUT2D eigenvalue weighted by molar-refractivity contribution is 5.20. The zero-order valence-corrected chi connectivity index (χ0v) is 9.17. The van der Waals surface area contributed by atoms with E-state index in [1.165, 1.54) is 57.8 Å². The van der Waals surface area contributed by atoms with Crippen molar-refractivity contribution >= 4 is 0 Å². The number of rotatable bonds is 2. The van der Waals surface area contributed by atoms with Crippen molar-refractivity contribution in [3.05, 3.63) is 23.8 Å². The molecule has 14 heavy (non-hydrogen) atoms. The number of hydrogen-bond donors (Lipinski definition) is 0. The summed E-state index contributed by atoms with van der Waals surface area (Å²) in [6.07, 6.45) is 20.0. The smallest absolute Gasteiger partial charge is 0.0230 e. The lowest BCUT2D eigenvalue weighted by Crippen LogP contribution is -2.02. The molecule has 0 unspecified atom stereocenters. The fourth-order valence-electron chi connectivity index (χ4n) is 2.60. The van der Waals surface area contributed by atoms with Gasteiger partial charge in [-0.05, 0) is 44.4 Å². The van der Waals surface area contributed by atoms with E-state index in [2.05, 4.69) is 18.2 Å². The minimum absolute atomic E-state index is 0.895. The predicted octanol–water partition coefficient (Wildman–Crippen LogP) is 4.62. The third kappa shape index (κ3) is 3.01. The zero-order chi connectivity index (χ0) is 9.64. The van der Waals surface area contributed by atoms with Crippen molar-refractivity contribution in [1.82, 2.24) is 0 Å². The summed E-state index contributed by atoms with van der Waals surface area (Å²) in [6, 6.07) is 0. The van der Waals surface area contributed by atoms with Crippen molar-refractivity contribution in [1.29, 1.82) is 0 Å². The molecule has 0 heterocycles. The van der Waals surface area contributed by atoms with Crippen LogP contribution in [0.1, 0.15) is 57.8 Å². The molecular weight excluding hydrogens is 168 g/mol. The summed E-state index contributed by atoms with van der Waals surface area (Å²) in [5, 5.41) is 0. The van der Waals surface area contributed by atoms with E-state index in [0.29, 0.717) is 0 Å². The first kappa shape index (κ1) is 10.0. The second kappa shape index (κ2) is 5.38. The van der Waals surface area contributed by atoms with E-state index in [9.17, 15) is 0 Å². The molecule has 1 saturated carbocycles. The first-order valence-electron chi connectivity index (χ1n) is 6.32. The Labute approximate surface area is 88.1 Å². The van der Waals surface area contributed by atoms with Gasteiger partial charge in [-0.25, -0.2) is 0 Å². The first-order valence-corrected chi connectivity index (χ1v) is 6.32. The largest absolute Gasteiger partial charge is 0.0813 e. The molecule has 0 amide bonds. The molecule has 2 aliphatic rings. The molecule has 0 radical (unpaired) electrons. The van der Waals surface area contributed by atoms with Crippen LogP contribution in [0.15, 0.2) is 23.8 Å². The van der Waals surface area contributed by atoms with E-state index in [1.807, 2.05) is 0 Å². The Kier molecular flexibility index (Phi) is 3.85. The van der Waals surface area contributed by atoms with E-state index < -0.39 is 0 Å². The first-order chi connectivity index (χ1) is 6.95. The predicted molar refractivity (Wildman–Crippen MR) is 62.3 cm³/mol. The van der Waals surface area contributed by atoms with Crippen LogP contribution in [0.5, 0.6) is 0 Å². The van der Waals surface area contributed by atoms with Crippen LogP contribution in [0.4, 0.5) is 0 Å². The standard InChI is InChI=1S/C14H22/c1-3-7-13(8-4-1)11-12-14-9-5-2-6-10-14/h7,11-12,14H,1-6,8-10H2. The molecule has 0 bridgehead atoms. The minimum Gasteiger partial charge on any atom is -0.0813 e. The van der Waals surface area contributed by atoms with Gasteiger partial charge >= 0.3 is 0 Å². The molecule has 2 rings (SSSR count). The molecule has 0 aliphatic heterocycles. The van der Waals surface area contributed by atoms with Crippen molar-refractivity contribution in [2.24, 2.45) is 5.92 Å². The molecule has 0 spiro atoms. The van der Waals surface area contributed by atoms with Crippen LogP contribution in [0.25, 0.3) is 0 Å². The maximum absolute atomic E-state index is 2.48. The molecule has 0 atom stereocenters. The fourth-order valence-corrected chi connectivity index (χ4v) is 2.60. The topological polar surface area (TPSA) is 0 Å². The van der Waals surface area contributed by atoms with E-state index in [1.54, 1.807) is 5.57 Å². The summed E-state index contributed by atoms with van der Waals surface area (Å²) in [5.74, 6) is 0.895. The zero-order valence-electron chi connectivity index (χ0n) is 9.17. The SMILES string of the molecule is C(=CC1CCCCC1)C1=CCCCC1. The molecule has 0 aromatic heterocycles. The van der Waals surface area contributed by atoms with Gasteiger partial charge in [0.25, 0.3) is 0 Å². The molecular formula is C14H22. The molecule has 78 valence electrons. The molecule has 0 nitrogen and oxygen atoms in total. The molecule has 0 N–H and O–H groups in total. The number of allylic oxidation sites excluding steroid dienone is 4. The summed E-state index contributed by atoms with van der Waals surface area (Å²) >= 11 is 0. The van der Waals surface area contributed by atoms with E-state index in [-0.39, 0.29) is 0 Å². The van der Waals surface area contributed by atoms with Gasteiger partial charge in [-0.2, -0.15) is 0 Å². The van der Waals surface area contributed by atoms with E-state index in [4.69, 9.17) is 0 Å². The maximum Gasteiger partial charge on any atom is -0.0230 e. The van der Waals surface area contributed by atoms with Gasteiger partial charge in [-0.1, -0.05) is 43.1 Å². The molecule has 0 aromatic carbocycles.